The molecule has 0 fully saturated rings. The topological polar surface area (TPSA) is 76.4 Å². The highest BCUT2D eigenvalue weighted by atomic mass is 16.5. The van der Waals surface area contributed by atoms with Crippen molar-refractivity contribution >= 4 is 17.0 Å². The number of nitrogens with one attached hydrogen (secondary N) is 1. The molecule has 0 saturated carbocycles. The molecule has 124 valence electrons. The lowest BCUT2D eigenvalue weighted by molar-refractivity contribution is 0.138. The minimum absolute atomic E-state index is 0.0754. The second-order valence-corrected chi connectivity index (χ2v) is 5.62. The minimum atomic E-state index is -0.468. The summed E-state index contributed by atoms with van der Waals surface area (Å²) in [7, 11) is 0. The molecule has 1 unspecified atom stereocenters. The van der Waals surface area contributed by atoms with Crippen LogP contribution in [0.15, 0.2) is 54.7 Å². The van der Waals surface area contributed by atoms with Crippen molar-refractivity contribution in [1.82, 2.24) is 15.1 Å². The van der Waals surface area contributed by atoms with E-state index >= 15 is 0 Å². The molecule has 1 atom stereocenters. The van der Waals surface area contributed by atoms with Gasteiger partial charge in [0, 0.05) is 18.0 Å². The highest BCUT2D eigenvalue weighted by molar-refractivity contribution is 5.80. The van der Waals surface area contributed by atoms with Gasteiger partial charge in [0.25, 0.3) is 0 Å². The Balaban J connectivity index is 1.55. The van der Waals surface area contributed by atoms with Gasteiger partial charge in [-0.05, 0) is 24.6 Å². The molecule has 0 spiro atoms. The third kappa shape index (κ3) is 3.65. The number of alkyl carbamates (subject to hydrolysis) is 1. The molecule has 0 aliphatic rings. The number of amides is 1. The van der Waals surface area contributed by atoms with E-state index in [0.717, 1.165) is 16.5 Å². The SMILES string of the molecule is CC(CNC(=O)OCc1ccccc1)n1ncc2ccc(O)cc21. The van der Waals surface area contributed by atoms with Crippen LogP contribution < -0.4 is 5.32 Å². The van der Waals surface area contributed by atoms with Gasteiger partial charge in [-0.2, -0.15) is 5.10 Å². The molecule has 24 heavy (non-hydrogen) atoms. The standard InChI is InChI=1S/C18H19N3O3/c1-13(21-17-9-16(22)8-7-15(17)11-20-21)10-19-18(23)24-12-14-5-3-2-4-6-14/h2-9,11,13,22H,10,12H2,1H3,(H,19,23). The van der Waals surface area contributed by atoms with Crippen LogP contribution in [-0.2, 0) is 11.3 Å². The van der Waals surface area contributed by atoms with Gasteiger partial charge in [-0.25, -0.2) is 4.79 Å². The maximum absolute atomic E-state index is 11.8. The first-order valence-electron chi connectivity index (χ1n) is 7.74. The second-order valence-electron chi connectivity index (χ2n) is 5.62. The Hall–Kier alpha value is -3.02. The summed E-state index contributed by atoms with van der Waals surface area (Å²) in [5.41, 5.74) is 1.76. The van der Waals surface area contributed by atoms with E-state index in [1.54, 1.807) is 23.0 Å². The van der Waals surface area contributed by atoms with E-state index in [-0.39, 0.29) is 18.4 Å². The fraction of sp³-hybridized carbons (Fsp3) is 0.222. The van der Waals surface area contributed by atoms with Gasteiger partial charge < -0.3 is 15.2 Å². The normalized spacial score (nSPS) is 12.0. The number of rotatable bonds is 5. The number of hydrogen-bond donors (Lipinski definition) is 2. The molecule has 0 radical (unpaired) electrons. The van der Waals surface area contributed by atoms with Crippen LogP contribution >= 0.6 is 0 Å². The van der Waals surface area contributed by atoms with Crippen molar-refractivity contribution in [2.75, 3.05) is 6.54 Å². The number of phenols is 1. The summed E-state index contributed by atoms with van der Waals surface area (Å²) in [6, 6.07) is 14.5. The van der Waals surface area contributed by atoms with Gasteiger partial charge in [-0.3, -0.25) is 4.68 Å². The van der Waals surface area contributed by atoms with Gasteiger partial charge in [0.15, 0.2) is 0 Å². The summed E-state index contributed by atoms with van der Waals surface area (Å²) in [5.74, 6) is 0.187. The summed E-state index contributed by atoms with van der Waals surface area (Å²) >= 11 is 0. The second kappa shape index (κ2) is 7.04. The monoisotopic (exact) mass is 325 g/mol. The number of aromatic hydroxyl groups is 1. The molecule has 1 amide bonds. The van der Waals surface area contributed by atoms with Gasteiger partial charge in [0.1, 0.15) is 12.4 Å². The molecule has 6 nitrogen and oxygen atoms in total. The zero-order valence-electron chi connectivity index (χ0n) is 13.3. The van der Waals surface area contributed by atoms with Gasteiger partial charge in [-0.15, -0.1) is 0 Å². The van der Waals surface area contributed by atoms with Crippen LogP contribution in [0, 0.1) is 0 Å². The number of fused-ring (bicyclic) bond motifs is 1. The third-order valence-electron chi connectivity index (χ3n) is 3.75. The van der Waals surface area contributed by atoms with E-state index < -0.39 is 6.09 Å². The van der Waals surface area contributed by atoms with Crippen LogP contribution in [0.3, 0.4) is 0 Å². The number of nitrogens with zero attached hydrogens (tertiary/aromatic N) is 2. The fourth-order valence-electron chi connectivity index (χ4n) is 2.47. The third-order valence-corrected chi connectivity index (χ3v) is 3.75. The van der Waals surface area contributed by atoms with Gasteiger partial charge in [0.2, 0.25) is 0 Å². The maximum Gasteiger partial charge on any atom is 0.407 e. The van der Waals surface area contributed by atoms with E-state index in [9.17, 15) is 9.90 Å². The van der Waals surface area contributed by atoms with Crippen LogP contribution in [0.5, 0.6) is 5.75 Å². The Bertz CT molecular complexity index is 830. The Labute approximate surface area is 139 Å². The summed E-state index contributed by atoms with van der Waals surface area (Å²) in [4.78, 5) is 11.8. The zero-order valence-corrected chi connectivity index (χ0v) is 13.3. The minimum Gasteiger partial charge on any atom is -0.508 e. The quantitative estimate of drug-likeness (QED) is 0.755. The number of hydrogen-bond acceptors (Lipinski definition) is 4. The number of phenolic OH excluding ortho intramolecular Hbond substituents is 1. The molecule has 2 N–H and O–H groups in total. The van der Waals surface area contributed by atoms with Crippen molar-refractivity contribution in [2.45, 2.75) is 19.6 Å². The van der Waals surface area contributed by atoms with Crippen LogP contribution in [0.1, 0.15) is 18.5 Å². The van der Waals surface area contributed by atoms with E-state index in [1.165, 1.54) is 0 Å². The lowest BCUT2D eigenvalue weighted by Crippen LogP contribution is -2.30. The molecule has 0 aliphatic heterocycles. The lowest BCUT2D eigenvalue weighted by atomic mass is 10.2. The van der Waals surface area contributed by atoms with Crippen molar-refractivity contribution < 1.29 is 14.6 Å². The molecule has 0 aliphatic carbocycles. The van der Waals surface area contributed by atoms with Gasteiger partial charge in [0.05, 0.1) is 17.8 Å². The molecule has 0 bridgehead atoms. The molecule has 3 aromatic rings. The average Bonchev–Trinajstić information content (AvgIpc) is 3.02. The summed E-state index contributed by atoms with van der Waals surface area (Å²) in [5, 5.41) is 17.6. The Morgan fingerprint density at radius 2 is 2.08 bits per heavy atom. The van der Waals surface area contributed by atoms with E-state index in [2.05, 4.69) is 10.4 Å². The zero-order chi connectivity index (χ0) is 16.9. The predicted octanol–water partition coefficient (Wildman–Crippen LogP) is 3.23. The van der Waals surface area contributed by atoms with Crippen molar-refractivity contribution in [2.24, 2.45) is 0 Å². The molecule has 3 rings (SSSR count). The smallest absolute Gasteiger partial charge is 0.407 e. The van der Waals surface area contributed by atoms with E-state index in [4.69, 9.17) is 4.74 Å². The van der Waals surface area contributed by atoms with Crippen molar-refractivity contribution in [1.29, 1.82) is 0 Å². The molecule has 0 saturated heterocycles. The number of carbonyl (C=O) groups is 1. The maximum atomic E-state index is 11.8. The summed E-state index contributed by atoms with van der Waals surface area (Å²) in [6.45, 7) is 2.55. The number of ether oxygens (including phenoxy) is 1. The first kappa shape index (κ1) is 15.9. The lowest BCUT2D eigenvalue weighted by Gasteiger charge is -2.15. The average molecular weight is 325 g/mol. The van der Waals surface area contributed by atoms with Gasteiger partial charge in [-0.1, -0.05) is 30.3 Å². The molecule has 1 heterocycles. The molecular weight excluding hydrogens is 306 g/mol. The van der Waals surface area contributed by atoms with E-state index in [0.29, 0.717) is 6.54 Å². The number of aromatic nitrogens is 2. The highest BCUT2D eigenvalue weighted by Crippen LogP contribution is 2.22. The van der Waals surface area contributed by atoms with E-state index in [1.807, 2.05) is 43.3 Å². The Morgan fingerprint density at radius 3 is 2.88 bits per heavy atom. The number of carbonyl (C=O) groups excluding carboxylic acids is 1. The highest BCUT2D eigenvalue weighted by Gasteiger charge is 2.12. The molecule has 6 heteroatoms. The predicted molar refractivity (Wildman–Crippen MR) is 90.7 cm³/mol. The van der Waals surface area contributed by atoms with Crippen LogP contribution in [0.25, 0.3) is 10.9 Å². The van der Waals surface area contributed by atoms with Crippen LogP contribution in [0.2, 0.25) is 0 Å². The molecule has 1 aromatic heterocycles. The fourth-order valence-corrected chi connectivity index (χ4v) is 2.47. The molecule has 2 aromatic carbocycles. The van der Waals surface area contributed by atoms with Crippen molar-refractivity contribution in [3.05, 3.63) is 60.3 Å². The number of benzene rings is 2. The van der Waals surface area contributed by atoms with Crippen LogP contribution in [-0.4, -0.2) is 27.5 Å². The Morgan fingerprint density at radius 1 is 1.29 bits per heavy atom. The largest absolute Gasteiger partial charge is 0.508 e. The van der Waals surface area contributed by atoms with Crippen molar-refractivity contribution in [3.63, 3.8) is 0 Å². The summed E-state index contributed by atoms with van der Waals surface area (Å²) in [6.07, 6.45) is 1.27. The first-order chi connectivity index (χ1) is 11.6. The Kier molecular flexibility index (Phi) is 4.65. The van der Waals surface area contributed by atoms with Crippen molar-refractivity contribution in [3.8, 4) is 5.75 Å². The van der Waals surface area contributed by atoms with Crippen LogP contribution in [0.4, 0.5) is 4.79 Å². The molecular formula is C18H19N3O3. The first-order valence-corrected chi connectivity index (χ1v) is 7.74. The van der Waals surface area contributed by atoms with Gasteiger partial charge >= 0.3 is 6.09 Å². The summed E-state index contributed by atoms with van der Waals surface area (Å²) < 4.78 is 6.95.